The summed E-state index contributed by atoms with van der Waals surface area (Å²) in [6.07, 6.45) is 0. The lowest BCUT2D eigenvalue weighted by Crippen LogP contribution is -2.15. The highest BCUT2D eigenvalue weighted by atomic mass is 16.5. The van der Waals surface area contributed by atoms with Gasteiger partial charge in [-0.1, -0.05) is 18.2 Å². The molecule has 1 aromatic carbocycles. The van der Waals surface area contributed by atoms with Crippen molar-refractivity contribution in [2.24, 2.45) is 0 Å². The maximum absolute atomic E-state index is 12.1. The summed E-state index contributed by atoms with van der Waals surface area (Å²) >= 11 is 0. The SMILES string of the molecule is CCn1nc(C(=O)O)cc1C(=O)Oc1ccccc1C. The van der Waals surface area contributed by atoms with Crippen LogP contribution >= 0.6 is 0 Å². The van der Waals surface area contributed by atoms with Crippen molar-refractivity contribution < 1.29 is 19.4 Å². The summed E-state index contributed by atoms with van der Waals surface area (Å²) in [5.74, 6) is -1.36. The molecule has 0 unspecified atom stereocenters. The van der Waals surface area contributed by atoms with Gasteiger partial charge in [0.25, 0.3) is 0 Å². The predicted octanol–water partition coefficient (Wildman–Crippen LogP) is 2.13. The van der Waals surface area contributed by atoms with E-state index in [9.17, 15) is 9.59 Å². The third-order valence-corrected chi connectivity index (χ3v) is 2.80. The van der Waals surface area contributed by atoms with Crippen molar-refractivity contribution in [2.45, 2.75) is 20.4 Å². The van der Waals surface area contributed by atoms with Crippen molar-refractivity contribution >= 4 is 11.9 Å². The summed E-state index contributed by atoms with van der Waals surface area (Å²) in [4.78, 5) is 23.0. The topological polar surface area (TPSA) is 81.4 Å². The highest BCUT2D eigenvalue weighted by molar-refractivity contribution is 5.93. The van der Waals surface area contributed by atoms with Crippen molar-refractivity contribution in [2.75, 3.05) is 0 Å². The van der Waals surface area contributed by atoms with Crippen LogP contribution in [0.5, 0.6) is 5.75 Å². The van der Waals surface area contributed by atoms with Crippen molar-refractivity contribution in [1.29, 1.82) is 0 Å². The smallest absolute Gasteiger partial charge is 0.362 e. The third-order valence-electron chi connectivity index (χ3n) is 2.80. The number of carbonyl (C=O) groups excluding carboxylic acids is 1. The first kappa shape index (κ1) is 13.8. The molecule has 0 atom stereocenters. The normalized spacial score (nSPS) is 10.3. The van der Waals surface area contributed by atoms with Gasteiger partial charge in [0.1, 0.15) is 11.4 Å². The number of aromatic nitrogens is 2. The molecule has 1 aromatic heterocycles. The largest absolute Gasteiger partial charge is 0.476 e. The Morgan fingerprint density at radius 3 is 2.65 bits per heavy atom. The zero-order valence-corrected chi connectivity index (χ0v) is 11.2. The molecule has 1 N–H and O–H groups in total. The fourth-order valence-corrected chi connectivity index (χ4v) is 1.75. The highest BCUT2D eigenvalue weighted by Gasteiger charge is 2.20. The second kappa shape index (κ2) is 5.56. The second-order valence-corrected chi connectivity index (χ2v) is 4.19. The molecule has 0 saturated heterocycles. The number of carbonyl (C=O) groups is 2. The Balaban J connectivity index is 2.29. The van der Waals surface area contributed by atoms with Crippen LogP contribution in [0.2, 0.25) is 0 Å². The molecule has 2 rings (SSSR count). The van der Waals surface area contributed by atoms with E-state index in [1.54, 1.807) is 19.1 Å². The van der Waals surface area contributed by atoms with Crippen molar-refractivity contribution in [1.82, 2.24) is 9.78 Å². The molecule has 0 amide bonds. The highest BCUT2D eigenvalue weighted by Crippen LogP contribution is 2.18. The summed E-state index contributed by atoms with van der Waals surface area (Å²) in [5, 5.41) is 12.7. The molecular weight excluding hydrogens is 260 g/mol. The van der Waals surface area contributed by atoms with E-state index in [1.807, 2.05) is 19.1 Å². The predicted molar refractivity (Wildman–Crippen MR) is 71.0 cm³/mol. The zero-order valence-electron chi connectivity index (χ0n) is 11.2. The molecule has 104 valence electrons. The summed E-state index contributed by atoms with van der Waals surface area (Å²) in [6.45, 7) is 3.97. The maximum Gasteiger partial charge on any atom is 0.362 e. The van der Waals surface area contributed by atoms with E-state index in [0.29, 0.717) is 12.3 Å². The molecule has 6 heteroatoms. The zero-order chi connectivity index (χ0) is 14.7. The molecule has 0 aliphatic heterocycles. The minimum atomic E-state index is -1.18. The van der Waals surface area contributed by atoms with Crippen LogP contribution < -0.4 is 4.74 Å². The van der Waals surface area contributed by atoms with Gasteiger partial charge in [-0.2, -0.15) is 5.10 Å². The van der Waals surface area contributed by atoms with Crippen LogP contribution in [-0.4, -0.2) is 26.8 Å². The number of esters is 1. The number of benzene rings is 1. The van der Waals surface area contributed by atoms with Crippen LogP contribution in [0.15, 0.2) is 30.3 Å². The van der Waals surface area contributed by atoms with Gasteiger partial charge in [-0.25, -0.2) is 9.59 Å². The summed E-state index contributed by atoms with van der Waals surface area (Å²) in [7, 11) is 0. The van der Waals surface area contributed by atoms with Gasteiger partial charge in [-0.3, -0.25) is 4.68 Å². The van der Waals surface area contributed by atoms with Crippen molar-refractivity contribution in [3.8, 4) is 5.75 Å². The summed E-state index contributed by atoms with van der Waals surface area (Å²) in [6, 6.07) is 8.31. The molecule has 0 saturated carbocycles. The van der Waals surface area contributed by atoms with Gasteiger partial charge in [0.2, 0.25) is 0 Å². The second-order valence-electron chi connectivity index (χ2n) is 4.19. The minimum Gasteiger partial charge on any atom is -0.476 e. The Bertz CT molecular complexity index is 661. The Labute approximate surface area is 115 Å². The fourth-order valence-electron chi connectivity index (χ4n) is 1.75. The van der Waals surface area contributed by atoms with E-state index in [-0.39, 0.29) is 11.4 Å². The third kappa shape index (κ3) is 2.69. The van der Waals surface area contributed by atoms with Gasteiger partial charge in [0, 0.05) is 12.6 Å². The van der Waals surface area contributed by atoms with E-state index in [1.165, 1.54) is 10.7 Å². The lowest BCUT2D eigenvalue weighted by Gasteiger charge is -2.07. The van der Waals surface area contributed by atoms with Gasteiger partial charge in [0.15, 0.2) is 5.69 Å². The number of aromatic carboxylic acids is 1. The van der Waals surface area contributed by atoms with Crippen LogP contribution in [0.3, 0.4) is 0 Å². The van der Waals surface area contributed by atoms with Crippen molar-refractivity contribution in [3.63, 3.8) is 0 Å². The van der Waals surface area contributed by atoms with E-state index in [4.69, 9.17) is 9.84 Å². The Hall–Kier alpha value is -2.63. The molecule has 20 heavy (non-hydrogen) atoms. The fraction of sp³-hybridized carbons (Fsp3) is 0.214. The minimum absolute atomic E-state index is 0.119. The molecule has 2 aromatic rings. The van der Waals surface area contributed by atoms with Gasteiger partial charge in [-0.05, 0) is 25.5 Å². The number of para-hydroxylation sites is 1. The molecule has 0 aliphatic carbocycles. The number of ether oxygens (including phenoxy) is 1. The first-order valence-corrected chi connectivity index (χ1v) is 6.12. The molecule has 1 heterocycles. The first-order valence-electron chi connectivity index (χ1n) is 6.12. The molecule has 0 radical (unpaired) electrons. The number of hydrogen-bond acceptors (Lipinski definition) is 4. The average Bonchev–Trinajstić information content (AvgIpc) is 2.85. The molecule has 6 nitrogen and oxygen atoms in total. The van der Waals surface area contributed by atoms with Crippen LogP contribution in [0.4, 0.5) is 0 Å². The van der Waals surface area contributed by atoms with Gasteiger partial charge in [-0.15, -0.1) is 0 Å². The van der Waals surface area contributed by atoms with Crippen LogP contribution in [0.25, 0.3) is 0 Å². The van der Waals surface area contributed by atoms with Crippen molar-refractivity contribution in [3.05, 3.63) is 47.3 Å². The lowest BCUT2D eigenvalue weighted by molar-refractivity contribution is 0.0687. The van der Waals surface area contributed by atoms with Gasteiger partial charge < -0.3 is 9.84 Å². The lowest BCUT2D eigenvalue weighted by atomic mass is 10.2. The van der Waals surface area contributed by atoms with E-state index < -0.39 is 11.9 Å². The number of carboxylic acid groups (broad SMARTS) is 1. The number of hydrogen-bond donors (Lipinski definition) is 1. The Morgan fingerprint density at radius 1 is 1.35 bits per heavy atom. The average molecular weight is 274 g/mol. The summed E-state index contributed by atoms with van der Waals surface area (Å²) < 4.78 is 6.58. The molecule has 0 spiro atoms. The quantitative estimate of drug-likeness (QED) is 0.682. The number of aryl methyl sites for hydroxylation is 2. The number of rotatable bonds is 4. The summed E-state index contributed by atoms with van der Waals surface area (Å²) in [5.41, 5.74) is 0.763. The number of carboxylic acids is 1. The molecular formula is C14H14N2O4. The monoisotopic (exact) mass is 274 g/mol. The van der Waals surface area contributed by atoms with Crippen LogP contribution in [0, 0.1) is 6.92 Å². The molecule has 0 bridgehead atoms. The van der Waals surface area contributed by atoms with E-state index >= 15 is 0 Å². The Morgan fingerprint density at radius 2 is 2.05 bits per heavy atom. The first-order chi connectivity index (χ1) is 9.52. The van der Waals surface area contributed by atoms with E-state index in [2.05, 4.69) is 5.10 Å². The molecule has 0 fully saturated rings. The maximum atomic E-state index is 12.1. The van der Waals surface area contributed by atoms with Crippen LogP contribution in [-0.2, 0) is 6.54 Å². The van der Waals surface area contributed by atoms with Gasteiger partial charge >= 0.3 is 11.9 Å². The Kier molecular flexibility index (Phi) is 3.84. The van der Waals surface area contributed by atoms with Gasteiger partial charge in [0.05, 0.1) is 0 Å². The van der Waals surface area contributed by atoms with Crippen LogP contribution in [0.1, 0.15) is 33.5 Å². The standard InChI is InChI=1S/C14H14N2O4/c1-3-16-11(8-10(15-16)13(17)18)14(19)20-12-7-5-4-6-9(12)2/h4-8H,3H2,1-2H3,(H,17,18). The number of nitrogens with zero attached hydrogens (tertiary/aromatic N) is 2. The van der Waals surface area contributed by atoms with E-state index in [0.717, 1.165) is 5.56 Å². The molecule has 0 aliphatic rings.